The van der Waals surface area contributed by atoms with E-state index in [2.05, 4.69) is 4.98 Å². The van der Waals surface area contributed by atoms with Gasteiger partial charge in [-0.15, -0.1) is 0 Å². The number of pyridine rings is 1. The average Bonchev–Trinajstić information content (AvgIpc) is 2.12. The normalized spacial score (nSPS) is 10.6. The molecule has 0 bridgehead atoms. The molecule has 1 aromatic heterocycles. The number of anilines is 1. The van der Waals surface area contributed by atoms with Crippen molar-refractivity contribution in [3.8, 4) is 0 Å². The van der Waals surface area contributed by atoms with E-state index in [0.29, 0.717) is 0 Å². The van der Waals surface area contributed by atoms with E-state index in [9.17, 15) is 18.4 Å². The zero-order chi connectivity index (χ0) is 11.6. The smallest absolute Gasteiger partial charge is 0.309 e. The number of rotatable bonds is 3. The first kappa shape index (κ1) is 11.2. The summed E-state index contributed by atoms with van der Waals surface area (Å²) in [5, 5.41) is 8.43. The molecule has 0 saturated heterocycles. The van der Waals surface area contributed by atoms with Gasteiger partial charge in [-0.2, -0.15) is 0 Å². The van der Waals surface area contributed by atoms with E-state index in [0.717, 1.165) is 6.20 Å². The number of halogens is 2. The summed E-state index contributed by atoms with van der Waals surface area (Å²) >= 11 is 0. The highest BCUT2D eigenvalue weighted by Crippen LogP contribution is 2.16. The second-order valence-electron chi connectivity index (χ2n) is 2.84. The Morgan fingerprint density at radius 2 is 2.20 bits per heavy atom. The van der Waals surface area contributed by atoms with E-state index in [1.54, 1.807) is 0 Å². The second-order valence-corrected chi connectivity index (χ2v) is 2.84. The van der Waals surface area contributed by atoms with Crippen LogP contribution >= 0.6 is 0 Å². The van der Waals surface area contributed by atoms with Gasteiger partial charge in [0.05, 0.1) is 17.7 Å². The lowest BCUT2D eigenvalue weighted by Crippen LogP contribution is -2.19. The van der Waals surface area contributed by atoms with E-state index in [-0.39, 0.29) is 5.69 Å². The van der Waals surface area contributed by atoms with Crippen LogP contribution in [0.15, 0.2) is 11.0 Å². The van der Waals surface area contributed by atoms with Gasteiger partial charge in [0.25, 0.3) is 6.43 Å². The van der Waals surface area contributed by atoms with Gasteiger partial charge in [0.2, 0.25) is 5.43 Å². The highest BCUT2D eigenvalue weighted by molar-refractivity contribution is 5.71. The summed E-state index contributed by atoms with van der Waals surface area (Å²) in [5.41, 5.74) is 2.89. The number of alkyl halides is 2. The third kappa shape index (κ3) is 2.30. The Kier molecular flexibility index (Phi) is 3.03. The van der Waals surface area contributed by atoms with Crippen LogP contribution in [0.4, 0.5) is 14.5 Å². The van der Waals surface area contributed by atoms with Crippen LogP contribution in [0, 0.1) is 0 Å². The highest BCUT2D eigenvalue weighted by Gasteiger charge is 2.17. The molecule has 1 aromatic rings. The van der Waals surface area contributed by atoms with Crippen molar-refractivity contribution in [1.29, 1.82) is 0 Å². The number of nitrogens with two attached hydrogens (primary N) is 1. The van der Waals surface area contributed by atoms with Crippen molar-refractivity contribution in [1.82, 2.24) is 4.98 Å². The lowest BCUT2D eigenvalue weighted by molar-refractivity contribution is -0.136. The Labute approximate surface area is 82.5 Å². The summed E-state index contributed by atoms with van der Waals surface area (Å²) in [6.07, 6.45) is -2.67. The van der Waals surface area contributed by atoms with Crippen LogP contribution in [0.2, 0.25) is 0 Å². The first-order valence-corrected chi connectivity index (χ1v) is 3.93. The summed E-state index contributed by atoms with van der Waals surface area (Å²) in [6.45, 7) is 0. The number of hydrogen-bond acceptors (Lipinski definition) is 3. The molecule has 0 aliphatic heterocycles. The lowest BCUT2D eigenvalue weighted by Gasteiger charge is -2.05. The summed E-state index contributed by atoms with van der Waals surface area (Å²) in [6, 6.07) is 0. The molecule has 1 rings (SSSR count). The number of nitrogens with one attached hydrogen (secondary N) is 1. The van der Waals surface area contributed by atoms with Crippen molar-refractivity contribution < 1.29 is 18.7 Å². The summed E-state index contributed by atoms with van der Waals surface area (Å²) in [5.74, 6) is -1.21. The zero-order valence-electron chi connectivity index (χ0n) is 7.46. The minimum atomic E-state index is -2.94. The second kappa shape index (κ2) is 4.07. The standard InChI is InChI=1S/C8H8F2N2O3/c9-8(10)3-2-12-4(1-5(13)14)6(11)7(3)15/h2,8H,1,11H2,(H,12,15)(H,13,14). The van der Waals surface area contributed by atoms with Crippen LogP contribution in [0.1, 0.15) is 17.7 Å². The minimum absolute atomic E-state index is 0.0723. The van der Waals surface area contributed by atoms with E-state index in [1.165, 1.54) is 0 Å². The van der Waals surface area contributed by atoms with E-state index in [1.807, 2.05) is 0 Å². The predicted molar refractivity (Wildman–Crippen MR) is 47.8 cm³/mol. The highest BCUT2D eigenvalue weighted by atomic mass is 19.3. The van der Waals surface area contributed by atoms with E-state index in [4.69, 9.17) is 10.8 Å². The quantitative estimate of drug-likeness (QED) is 0.689. The fraction of sp³-hybridized carbons (Fsp3) is 0.250. The molecule has 82 valence electrons. The first-order chi connectivity index (χ1) is 6.93. The van der Waals surface area contributed by atoms with Crippen molar-refractivity contribution in [2.45, 2.75) is 12.8 Å². The van der Waals surface area contributed by atoms with Gasteiger partial charge in [-0.1, -0.05) is 0 Å². The number of hydrogen-bond donors (Lipinski definition) is 3. The number of carboxylic acids is 1. The van der Waals surface area contributed by atoms with Crippen LogP contribution in [-0.2, 0) is 11.2 Å². The van der Waals surface area contributed by atoms with Gasteiger partial charge in [0, 0.05) is 6.20 Å². The maximum atomic E-state index is 12.2. The third-order valence-electron chi connectivity index (χ3n) is 1.80. The summed E-state index contributed by atoms with van der Waals surface area (Å²) in [4.78, 5) is 23.8. The van der Waals surface area contributed by atoms with Gasteiger partial charge >= 0.3 is 5.97 Å². The SMILES string of the molecule is Nc1c(CC(=O)O)[nH]cc(C(F)F)c1=O. The molecule has 0 saturated carbocycles. The zero-order valence-corrected chi connectivity index (χ0v) is 7.46. The van der Waals surface area contributed by atoms with Gasteiger partial charge in [-0.3, -0.25) is 9.59 Å². The van der Waals surface area contributed by atoms with Gasteiger partial charge in [-0.25, -0.2) is 8.78 Å². The molecule has 0 amide bonds. The monoisotopic (exact) mass is 218 g/mol. The molecule has 0 aromatic carbocycles. The Morgan fingerprint density at radius 3 is 2.67 bits per heavy atom. The Balaban J connectivity index is 3.22. The number of aromatic nitrogens is 1. The maximum Gasteiger partial charge on any atom is 0.309 e. The molecule has 0 atom stereocenters. The largest absolute Gasteiger partial charge is 0.481 e. The number of nitrogen functional groups attached to an aromatic ring is 1. The molecule has 15 heavy (non-hydrogen) atoms. The molecule has 7 heteroatoms. The summed E-state index contributed by atoms with van der Waals surface area (Å²) < 4.78 is 24.4. The van der Waals surface area contributed by atoms with Gasteiger partial charge in [-0.05, 0) is 0 Å². The van der Waals surface area contributed by atoms with E-state index < -0.39 is 35.5 Å². The van der Waals surface area contributed by atoms with Gasteiger partial charge in [0.15, 0.2) is 0 Å². The number of aliphatic carboxylic acids is 1. The molecule has 1 heterocycles. The Hall–Kier alpha value is -1.92. The van der Waals surface area contributed by atoms with Crippen molar-refractivity contribution in [3.63, 3.8) is 0 Å². The van der Waals surface area contributed by atoms with Crippen LogP contribution < -0.4 is 11.2 Å². The Bertz CT molecular complexity index is 442. The average molecular weight is 218 g/mol. The fourth-order valence-electron chi connectivity index (χ4n) is 1.06. The third-order valence-corrected chi connectivity index (χ3v) is 1.80. The van der Waals surface area contributed by atoms with Crippen molar-refractivity contribution in [2.75, 3.05) is 5.73 Å². The molecular weight excluding hydrogens is 210 g/mol. The number of carbonyl (C=O) groups is 1. The van der Waals surface area contributed by atoms with Gasteiger partial charge < -0.3 is 15.8 Å². The fourth-order valence-corrected chi connectivity index (χ4v) is 1.06. The number of aromatic amines is 1. The maximum absolute atomic E-state index is 12.2. The molecule has 4 N–H and O–H groups in total. The molecule has 0 radical (unpaired) electrons. The minimum Gasteiger partial charge on any atom is -0.481 e. The van der Waals surface area contributed by atoms with Crippen LogP contribution in [-0.4, -0.2) is 16.1 Å². The van der Waals surface area contributed by atoms with Crippen molar-refractivity contribution >= 4 is 11.7 Å². The Morgan fingerprint density at radius 1 is 1.60 bits per heavy atom. The molecule has 0 spiro atoms. The summed E-state index contributed by atoms with van der Waals surface area (Å²) in [7, 11) is 0. The molecular formula is C8H8F2N2O3. The van der Waals surface area contributed by atoms with Crippen LogP contribution in [0.3, 0.4) is 0 Å². The molecule has 0 fully saturated rings. The topological polar surface area (TPSA) is 96.2 Å². The lowest BCUT2D eigenvalue weighted by atomic mass is 10.2. The molecule has 0 aliphatic rings. The van der Waals surface area contributed by atoms with Crippen LogP contribution in [0.5, 0.6) is 0 Å². The molecule has 5 nitrogen and oxygen atoms in total. The van der Waals surface area contributed by atoms with Crippen molar-refractivity contribution in [3.05, 3.63) is 27.7 Å². The number of carboxylic acid groups (broad SMARTS) is 1. The van der Waals surface area contributed by atoms with Crippen LogP contribution in [0.25, 0.3) is 0 Å². The van der Waals surface area contributed by atoms with Crippen molar-refractivity contribution in [2.24, 2.45) is 0 Å². The van der Waals surface area contributed by atoms with Gasteiger partial charge in [0.1, 0.15) is 5.69 Å². The predicted octanol–water partition coefficient (Wildman–Crippen LogP) is 0.522. The number of H-pyrrole nitrogens is 1. The first-order valence-electron chi connectivity index (χ1n) is 3.93. The molecule has 0 unspecified atom stereocenters. The van der Waals surface area contributed by atoms with E-state index >= 15 is 0 Å². The molecule has 0 aliphatic carbocycles.